The molecule has 0 amide bonds. The van der Waals surface area contributed by atoms with Gasteiger partial charge >= 0.3 is 0 Å². The summed E-state index contributed by atoms with van der Waals surface area (Å²) < 4.78 is 65.9. The molecule has 7 aliphatic rings. The number of likely N-dealkylation sites (N-methyl/N-ethyl adjacent to an activating group) is 2. The lowest BCUT2D eigenvalue weighted by molar-refractivity contribution is 0.0547. The minimum atomic E-state index is -0.630. The van der Waals surface area contributed by atoms with Crippen LogP contribution in [0.3, 0.4) is 0 Å². The third kappa shape index (κ3) is 8.98. The molecule has 0 fully saturated rings. The number of phenolic OH excluding ortho intramolecular Hbond substituents is 1. The van der Waals surface area contributed by atoms with E-state index < -0.39 is 17.6 Å². The molecule has 15 heteroatoms. The first-order valence-electron chi connectivity index (χ1n) is 25.6. The molecule has 4 unspecified atom stereocenters. The maximum absolute atomic E-state index is 13.6. The molecular weight excluding hydrogens is 969 g/mol. The average Bonchev–Trinajstić information content (AvgIpc) is 3.42. The molecule has 1 N–H and O–H groups in total. The summed E-state index contributed by atoms with van der Waals surface area (Å²) in [6, 6.07) is 26.1. The Morgan fingerprint density at radius 3 is 2.00 bits per heavy atom. The number of carbonyl (C=O) groups excluding carboxylic acids is 1. The molecule has 0 radical (unpaired) electrons. The van der Waals surface area contributed by atoms with E-state index in [9.17, 15) is 9.90 Å². The number of ketones is 1. The highest BCUT2D eigenvalue weighted by Gasteiger charge is 2.47. The van der Waals surface area contributed by atoms with Gasteiger partial charge in [-0.05, 0) is 142 Å². The number of hydrogen-bond acceptors (Lipinski definition) is 15. The van der Waals surface area contributed by atoms with Gasteiger partial charge in [0.2, 0.25) is 5.75 Å². The van der Waals surface area contributed by atoms with Crippen molar-refractivity contribution in [3.05, 3.63) is 135 Å². The number of rotatable bonds is 6. The van der Waals surface area contributed by atoms with Gasteiger partial charge in [-0.3, -0.25) is 14.6 Å². The van der Waals surface area contributed by atoms with Gasteiger partial charge < -0.3 is 57.2 Å². The van der Waals surface area contributed by atoms with Crippen molar-refractivity contribution in [1.29, 1.82) is 0 Å². The van der Waals surface area contributed by atoms with E-state index in [2.05, 4.69) is 66.4 Å². The number of aromatic hydroxyl groups is 1. The van der Waals surface area contributed by atoms with Gasteiger partial charge in [-0.15, -0.1) is 0 Å². The quantitative estimate of drug-likeness (QED) is 0.169. The monoisotopic (exact) mass is 1030 g/mol. The Hall–Kier alpha value is -7.75. The normalized spacial score (nSPS) is 20.4. The Balaban J connectivity index is 0.000000177. The SMILES string of the molecule is COc1cc2c(cc1OC)C1C(=O)c3c(O)cc4c(c3OC1CO2)C=CC(C)(C)O4.COc1ccc2cc1Oc1ccc(cc1)CC1c3cc(c(OC)cc3CCN1C)Oc1c(OC)c(OC)cc3c1C(C2)N(C)CC3. The van der Waals surface area contributed by atoms with Crippen molar-refractivity contribution in [3.8, 4) is 80.5 Å². The highest BCUT2D eigenvalue weighted by Crippen LogP contribution is 2.54. The van der Waals surface area contributed by atoms with Crippen LogP contribution in [0.1, 0.15) is 86.7 Å². The van der Waals surface area contributed by atoms with Crippen LogP contribution in [-0.4, -0.2) is 109 Å². The van der Waals surface area contributed by atoms with Gasteiger partial charge in [0.1, 0.15) is 52.6 Å². The second kappa shape index (κ2) is 20.1. The highest BCUT2D eigenvalue weighted by molar-refractivity contribution is 6.08. The van der Waals surface area contributed by atoms with Crippen molar-refractivity contribution < 1.29 is 62.0 Å². The minimum Gasteiger partial charge on any atom is -0.507 e. The first-order valence-corrected chi connectivity index (χ1v) is 25.6. The zero-order valence-electron chi connectivity index (χ0n) is 44.7. The van der Waals surface area contributed by atoms with Crippen molar-refractivity contribution >= 4 is 11.9 Å². The summed E-state index contributed by atoms with van der Waals surface area (Å²) in [4.78, 5) is 18.4. The number of Topliss-reactive ketones (excluding diaryl/α,β-unsaturated/α-hetero) is 1. The molecule has 6 aromatic rings. The van der Waals surface area contributed by atoms with Crippen molar-refractivity contribution in [2.45, 2.75) is 69.2 Å². The highest BCUT2D eigenvalue weighted by atomic mass is 16.6. The maximum atomic E-state index is 13.6. The Kier molecular flexibility index (Phi) is 13.3. The summed E-state index contributed by atoms with van der Waals surface area (Å²) in [5.41, 5.74) is 8.08. The summed E-state index contributed by atoms with van der Waals surface area (Å²) in [5, 5.41) is 10.7. The van der Waals surface area contributed by atoms with Gasteiger partial charge in [0.05, 0.1) is 54.1 Å². The van der Waals surface area contributed by atoms with Crippen LogP contribution in [0.5, 0.6) is 80.5 Å². The van der Waals surface area contributed by atoms with E-state index in [-0.39, 0.29) is 35.8 Å². The molecule has 0 aliphatic carbocycles. The largest absolute Gasteiger partial charge is 0.507 e. The fourth-order valence-electron chi connectivity index (χ4n) is 11.5. The molecule has 4 atom stereocenters. The fourth-order valence-corrected chi connectivity index (χ4v) is 11.5. The van der Waals surface area contributed by atoms with Crippen LogP contribution < -0.4 is 52.1 Å². The maximum Gasteiger partial charge on any atom is 0.204 e. The number of phenols is 1. The van der Waals surface area contributed by atoms with E-state index in [1.54, 1.807) is 47.7 Å². The van der Waals surface area contributed by atoms with E-state index in [1.165, 1.54) is 35.4 Å². The van der Waals surface area contributed by atoms with Crippen LogP contribution in [0.2, 0.25) is 0 Å². The fraction of sp³-hybridized carbons (Fsp3) is 0.361. The molecule has 6 bridgehead atoms. The Labute approximate surface area is 443 Å². The summed E-state index contributed by atoms with van der Waals surface area (Å²) in [6.07, 6.45) is 6.61. The first-order chi connectivity index (χ1) is 36.7. The number of fused-ring (bicyclic) bond motifs is 8. The van der Waals surface area contributed by atoms with Crippen molar-refractivity contribution in [1.82, 2.24) is 9.80 Å². The Bertz CT molecular complexity index is 3280. The predicted molar refractivity (Wildman–Crippen MR) is 286 cm³/mol. The molecule has 0 saturated carbocycles. The van der Waals surface area contributed by atoms with Crippen LogP contribution in [0.4, 0.5) is 0 Å². The summed E-state index contributed by atoms with van der Waals surface area (Å²) in [5.74, 6) is 6.75. The zero-order valence-corrected chi connectivity index (χ0v) is 44.7. The van der Waals surface area contributed by atoms with Gasteiger partial charge in [-0.25, -0.2) is 0 Å². The number of nitrogens with zero attached hydrogens (tertiary/aromatic N) is 2. The molecule has 15 nitrogen and oxygen atoms in total. The van der Waals surface area contributed by atoms with E-state index in [4.69, 9.17) is 52.1 Å². The summed E-state index contributed by atoms with van der Waals surface area (Å²) >= 11 is 0. The lowest BCUT2D eigenvalue weighted by Gasteiger charge is -2.39. The topological polar surface area (TPSA) is 145 Å². The van der Waals surface area contributed by atoms with E-state index >= 15 is 0 Å². The van der Waals surface area contributed by atoms with E-state index in [0.29, 0.717) is 80.1 Å². The molecule has 7 aliphatic heterocycles. The van der Waals surface area contributed by atoms with Crippen LogP contribution >= 0.6 is 0 Å². The molecule has 396 valence electrons. The predicted octanol–water partition coefficient (Wildman–Crippen LogP) is 10.9. The molecule has 0 saturated heterocycles. The number of carbonyl (C=O) groups is 1. The van der Waals surface area contributed by atoms with Gasteiger partial charge in [0, 0.05) is 48.4 Å². The number of benzene rings is 6. The summed E-state index contributed by atoms with van der Waals surface area (Å²) in [7, 11) is 14.2. The Morgan fingerprint density at radius 2 is 1.28 bits per heavy atom. The van der Waals surface area contributed by atoms with Gasteiger partial charge in [0.25, 0.3) is 0 Å². The Morgan fingerprint density at radius 1 is 0.618 bits per heavy atom. The van der Waals surface area contributed by atoms with E-state index in [1.807, 2.05) is 44.2 Å². The molecular formula is C61H64N2O13. The molecule has 0 spiro atoms. The minimum absolute atomic E-state index is 0.000437. The smallest absolute Gasteiger partial charge is 0.204 e. The van der Waals surface area contributed by atoms with Gasteiger partial charge in [-0.1, -0.05) is 18.2 Å². The third-order valence-electron chi connectivity index (χ3n) is 15.6. The molecule has 6 aromatic carbocycles. The van der Waals surface area contributed by atoms with Crippen LogP contribution in [0.15, 0.2) is 84.9 Å². The van der Waals surface area contributed by atoms with Crippen LogP contribution in [0.25, 0.3) is 6.08 Å². The second-order valence-electron chi connectivity index (χ2n) is 20.6. The van der Waals surface area contributed by atoms with Gasteiger partial charge in [-0.2, -0.15) is 0 Å². The van der Waals surface area contributed by atoms with Gasteiger partial charge in [0.15, 0.2) is 51.8 Å². The summed E-state index contributed by atoms with van der Waals surface area (Å²) in [6.45, 7) is 5.88. The van der Waals surface area contributed by atoms with Crippen LogP contribution in [0, 0.1) is 0 Å². The molecule has 0 aromatic heterocycles. The number of methoxy groups -OCH3 is 6. The van der Waals surface area contributed by atoms with Crippen LogP contribution in [-0.2, 0) is 25.7 Å². The third-order valence-corrected chi connectivity index (χ3v) is 15.6. The molecule has 7 heterocycles. The van der Waals surface area contributed by atoms with Crippen molar-refractivity contribution in [2.75, 3.05) is 76.5 Å². The number of hydrogen-bond donors (Lipinski definition) is 1. The second-order valence-corrected chi connectivity index (χ2v) is 20.6. The lowest BCUT2D eigenvalue weighted by atomic mass is 9.80. The zero-order chi connectivity index (χ0) is 53.2. The first kappa shape index (κ1) is 50.4. The van der Waals surface area contributed by atoms with Crippen molar-refractivity contribution in [2.24, 2.45) is 0 Å². The average molecular weight is 1030 g/mol. The number of ether oxygens (including phenoxy) is 11. The van der Waals surface area contributed by atoms with Crippen molar-refractivity contribution in [3.63, 3.8) is 0 Å². The molecule has 76 heavy (non-hydrogen) atoms. The van der Waals surface area contributed by atoms with E-state index in [0.717, 1.165) is 55.6 Å². The standard InChI is InChI=1S/C38H42N2O6.C23H22O7/c1-39-15-13-25-20-32(42-4)34-22-28(25)29(39)17-23-7-10-27(11-8-23)45-33-19-24(9-12-31(33)41-3)18-30-36-26(14-16-40(30)2)21-35(43-5)37(44-6)38(36)46-34;1-23(2)6-5-11-15(30-23)8-13(24)20-21(25)19-12-7-16(26-3)17(27-4)9-14(12)28-10-18(19)29-22(11)20/h7-12,19-22,29-30H,13-18H2,1-6H3;5-9,18-19,24H,10H2,1-4H3. The lowest BCUT2D eigenvalue weighted by Crippen LogP contribution is -2.43. The molecule has 13 rings (SSSR count).